The summed E-state index contributed by atoms with van der Waals surface area (Å²) in [7, 11) is 1.59. The van der Waals surface area contributed by atoms with Gasteiger partial charge in [0.05, 0.1) is 6.54 Å². The number of rotatable bonds is 5. The number of nitrogens with zero attached hydrogens (tertiary/aromatic N) is 1. The normalized spacial score (nSPS) is 10.7. The van der Waals surface area contributed by atoms with Crippen molar-refractivity contribution in [2.45, 2.75) is 13.5 Å². The van der Waals surface area contributed by atoms with Crippen LogP contribution in [0.2, 0.25) is 0 Å². The Kier molecular flexibility index (Phi) is 9.57. The van der Waals surface area contributed by atoms with Crippen LogP contribution >= 0.6 is 39.9 Å². The second-order valence-corrected chi connectivity index (χ2v) is 6.29. The molecule has 2 aromatic carbocycles. The van der Waals surface area contributed by atoms with Crippen molar-refractivity contribution >= 4 is 57.5 Å². The zero-order valence-electron chi connectivity index (χ0n) is 14.5. The van der Waals surface area contributed by atoms with E-state index in [9.17, 15) is 9.18 Å². The van der Waals surface area contributed by atoms with Gasteiger partial charge in [0.2, 0.25) is 5.91 Å². The molecule has 0 saturated carbocycles. The summed E-state index contributed by atoms with van der Waals surface area (Å²) in [5.41, 5.74) is 2.24. The first-order valence-corrected chi connectivity index (χ1v) is 8.53. The number of aryl methyl sites for hydroxylation is 1. The minimum atomic E-state index is -0.284. The molecule has 5 nitrogen and oxygen atoms in total. The molecule has 0 aromatic heterocycles. The first-order valence-electron chi connectivity index (χ1n) is 7.73. The average Bonchev–Trinajstić information content (AvgIpc) is 2.59. The van der Waals surface area contributed by atoms with Crippen molar-refractivity contribution in [1.29, 1.82) is 0 Å². The smallest absolute Gasteiger partial charge is 0.243 e. The molecule has 0 fully saturated rings. The Morgan fingerprint density at radius 3 is 2.62 bits per heavy atom. The van der Waals surface area contributed by atoms with E-state index in [1.807, 2.05) is 25.1 Å². The SMILES string of the molecule is CN=C(NCC(=O)Nc1cc(Br)ccc1C)NCc1ccccc1F.I. The predicted octanol–water partition coefficient (Wildman–Crippen LogP) is 3.82. The van der Waals surface area contributed by atoms with E-state index in [4.69, 9.17) is 0 Å². The first-order chi connectivity index (χ1) is 12.0. The third-order valence-electron chi connectivity index (χ3n) is 3.52. The number of guanidine groups is 1. The summed E-state index contributed by atoms with van der Waals surface area (Å²) in [6.07, 6.45) is 0. The maximum absolute atomic E-state index is 13.6. The molecule has 26 heavy (non-hydrogen) atoms. The largest absolute Gasteiger partial charge is 0.352 e. The molecule has 2 aromatic rings. The van der Waals surface area contributed by atoms with Crippen molar-refractivity contribution in [3.63, 3.8) is 0 Å². The first kappa shape index (κ1) is 22.4. The van der Waals surface area contributed by atoms with E-state index < -0.39 is 0 Å². The summed E-state index contributed by atoms with van der Waals surface area (Å²) in [5, 5.41) is 8.72. The van der Waals surface area contributed by atoms with Gasteiger partial charge in [0, 0.05) is 29.3 Å². The Hall–Kier alpha value is -1.68. The fourth-order valence-corrected chi connectivity index (χ4v) is 2.49. The summed E-state index contributed by atoms with van der Waals surface area (Å²) < 4.78 is 14.5. The highest BCUT2D eigenvalue weighted by atomic mass is 127. The highest BCUT2D eigenvalue weighted by molar-refractivity contribution is 14.0. The number of benzene rings is 2. The number of aliphatic imine (C=N–C) groups is 1. The molecule has 0 spiro atoms. The molecule has 0 saturated heterocycles. The molecule has 0 atom stereocenters. The Labute approximate surface area is 178 Å². The van der Waals surface area contributed by atoms with Gasteiger partial charge in [-0.05, 0) is 30.7 Å². The van der Waals surface area contributed by atoms with Gasteiger partial charge in [0.15, 0.2) is 5.96 Å². The van der Waals surface area contributed by atoms with Gasteiger partial charge < -0.3 is 16.0 Å². The van der Waals surface area contributed by atoms with E-state index in [-0.39, 0.29) is 48.8 Å². The van der Waals surface area contributed by atoms with Crippen molar-refractivity contribution in [1.82, 2.24) is 10.6 Å². The molecule has 1 amide bonds. The van der Waals surface area contributed by atoms with Gasteiger partial charge in [-0.15, -0.1) is 24.0 Å². The standard InChI is InChI=1S/C18H20BrFN4O.HI/c1-12-7-8-14(19)9-16(12)24-17(25)11-23-18(21-2)22-10-13-5-3-4-6-15(13)20;/h3-9H,10-11H2,1-2H3,(H,24,25)(H2,21,22,23);1H. The summed E-state index contributed by atoms with van der Waals surface area (Å²) in [6, 6.07) is 12.2. The maximum Gasteiger partial charge on any atom is 0.243 e. The van der Waals surface area contributed by atoms with Crippen molar-refractivity contribution in [2.24, 2.45) is 4.99 Å². The number of hydrogen-bond acceptors (Lipinski definition) is 2. The van der Waals surface area contributed by atoms with Crippen LogP contribution in [0.4, 0.5) is 10.1 Å². The van der Waals surface area contributed by atoms with Gasteiger partial charge >= 0.3 is 0 Å². The van der Waals surface area contributed by atoms with Crippen LogP contribution in [0.1, 0.15) is 11.1 Å². The van der Waals surface area contributed by atoms with Crippen LogP contribution in [-0.2, 0) is 11.3 Å². The lowest BCUT2D eigenvalue weighted by Crippen LogP contribution is -2.41. The third kappa shape index (κ3) is 6.91. The van der Waals surface area contributed by atoms with Crippen LogP contribution in [0.15, 0.2) is 51.9 Å². The molecule has 8 heteroatoms. The van der Waals surface area contributed by atoms with Crippen molar-refractivity contribution < 1.29 is 9.18 Å². The summed E-state index contributed by atoms with van der Waals surface area (Å²) in [6.45, 7) is 2.24. The monoisotopic (exact) mass is 534 g/mol. The number of amides is 1. The fraction of sp³-hybridized carbons (Fsp3) is 0.222. The lowest BCUT2D eigenvalue weighted by atomic mass is 10.2. The van der Waals surface area contributed by atoms with Crippen molar-refractivity contribution in [3.05, 3.63) is 63.9 Å². The van der Waals surface area contributed by atoms with Crippen LogP contribution in [0, 0.1) is 12.7 Å². The van der Waals surface area contributed by atoms with Crippen LogP contribution in [0.5, 0.6) is 0 Å². The zero-order chi connectivity index (χ0) is 18.2. The van der Waals surface area contributed by atoms with E-state index in [2.05, 4.69) is 36.9 Å². The van der Waals surface area contributed by atoms with Gasteiger partial charge in [-0.1, -0.05) is 40.2 Å². The second-order valence-electron chi connectivity index (χ2n) is 5.38. The van der Waals surface area contributed by atoms with Crippen LogP contribution in [0.25, 0.3) is 0 Å². The third-order valence-corrected chi connectivity index (χ3v) is 4.01. The molecule has 0 heterocycles. The summed E-state index contributed by atoms with van der Waals surface area (Å²) in [5.74, 6) is -0.0623. The zero-order valence-corrected chi connectivity index (χ0v) is 18.4. The van der Waals surface area contributed by atoms with Gasteiger partial charge in [-0.2, -0.15) is 0 Å². The lowest BCUT2D eigenvalue weighted by Gasteiger charge is -2.13. The summed E-state index contributed by atoms with van der Waals surface area (Å²) >= 11 is 3.38. The van der Waals surface area contributed by atoms with Gasteiger partial charge in [-0.3, -0.25) is 9.79 Å². The molecular weight excluding hydrogens is 514 g/mol. The topological polar surface area (TPSA) is 65.5 Å². The Morgan fingerprint density at radius 1 is 1.19 bits per heavy atom. The van der Waals surface area contributed by atoms with E-state index >= 15 is 0 Å². The predicted molar refractivity (Wildman–Crippen MR) is 118 cm³/mol. The molecule has 140 valence electrons. The minimum absolute atomic E-state index is 0. The average molecular weight is 535 g/mol. The number of nitrogens with one attached hydrogen (secondary N) is 3. The molecule has 0 unspecified atom stereocenters. The van der Waals surface area contributed by atoms with Gasteiger partial charge in [-0.25, -0.2) is 4.39 Å². The molecular formula is C18H21BrFIN4O. The van der Waals surface area contributed by atoms with Gasteiger partial charge in [0.25, 0.3) is 0 Å². The molecule has 0 aliphatic heterocycles. The van der Waals surface area contributed by atoms with Crippen LogP contribution < -0.4 is 16.0 Å². The van der Waals surface area contributed by atoms with Crippen molar-refractivity contribution in [3.8, 4) is 0 Å². The number of carbonyl (C=O) groups excluding carboxylic acids is 1. The van der Waals surface area contributed by atoms with Crippen LogP contribution in [0.3, 0.4) is 0 Å². The molecule has 3 N–H and O–H groups in total. The van der Waals surface area contributed by atoms with Crippen molar-refractivity contribution in [2.75, 3.05) is 18.9 Å². The number of anilines is 1. The number of halogens is 3. The maximum atomic E-state index is 13.6. The van der Waals surface area contributed by atoms with E-state index in [1.54, 1.807) is 25.2 Å². The molecule has 0 radical (unpaired) electrons. The van der Waals surface area contributed by atoms with E-state index in [0.29, 0.717) is 11.5 Å². The van der Waals surface area contributed by atoms with Crippen LogP contribution in [-0.4, -0.2) is 25.5 Å². The summed E-state index contributed by atoms with van der Waals surface area (Å²) in [4.78, 5) is 16.1. The fourth-order valence-electron chi connectivity index (χ4n) is 2.13. The second kappa shape index (κ2) is 11.1. The highest BCUT2D eigenvalue weighted by Crippen LogP contribution is 2.20. The highest BCUT2D eigenvalue weighted by Gasteiger charge is 2.07. The van der Waals surface area contributed by atoms with Gasteiger partial charge in [0.1, 0.15) is 5.82 Å². The Bertz CT molecular complexity index is 786. The number of hydrogen-bond donors (Lipinski definition) is 3. The Morgan fingerprint density at radius 2 is 1.92 bits per heavy atom. The molecule has 0 bridgehead atoms. The number of carbonyl (C=O) groups is 1. The lowest BCUT2D eigenvalue weighted by molar-refractivity contribution is -0.115. The molecule has 0 aliphatic rings. The molecule has 2 rings (SSSR count). The quantitative estimate of drug-likeness (QED) is 0.310. The van der Waals surface area contributed by atoms with E-state index in [0.717, 1.165) is 15.7 Å². The van der Waals surface area contributed by atoms with E-state index in [1.165, 1.54) is 6.07 Å². The minimum Gasteiger partial charge on any atom is -0.352 e. The Balaban J connectivity index is 0.00000338. The molecule has 0 aliphatic carbocycles.